The van der Waals surface area contributed by atoms with Crippen LogP contribution in [0.5, 0.6) is 0 Å². The lowest BCUT2D eigenvalue weighted by Gasteiger charge is -2.40. The van der Waals surface area contributed by atoms with E-state index >= 15 is 0 Å². The molecule has 6 heteroatoms. The molecule has 1 fully saturated rings. The van der Waals surface area contributed by atoms with E-state index in [4.69, 9.17) is 9.72 Å². The fourth-order valence-electron chi connectivity index (χ4n) is 3.90. The number of aryl methyl sites for hydroxylation is 1. The molecule has 0 spiro atoms. The first-order valence-corrected chi connectivity index (χ1v) is 10.1. The Morgan fingerprint density at radius 3 is 2.65 bits per heavy atom. The Morgan fingerprint density at radius 2 is 1.96 bits per heavy atom. The average molecular weight is 372 g/mol. The topological polar surface area (TPSA) is 45.7 Å². The first-order valence-electron chi connectivity index (χ1n) is 9.30. The zero-order valence-electron chi connectivity index (χ0n) is 15.6. The maximum absolute atomic E-state index is 12.4. The minimum Gasteiger partial charge on any atom is -0.444 e. The molecule has 3 heterocycles. The van der Waals surface area contributed by atoms with Crippen molar-refractivity contribution in [3.63, 3.8) is 0 Å². The Balaban J connectivity index is 1.49. The molecular weight excluding hydrogens is 346 g/mol. The number of ether oxygens (including phenoxy) is 1. The summed E-state index contributed by atoms with van der Waals surface area (Å²) in [5.74, 6) is 0.512. The van der Waals surface area contributed by atoms with Gasteiger partial charge in [0.25, 0.3) is 0 Å². The molecule has 0 bridgehead atoms. The van der Waals surface area contributed by atoms with E-state index in [1.165, 1.54) is 4.88 Å². The van der Waals surface area contributed by atoms with Crippen LogP contribution in [0.25, 0.3) is 0 Å². The summed E-state index contributed by atoms with van der Waals surface area (Å²) in [6.07, 6.45) is 1.65. The maximum atomic E-state index is 12.4. The standard InChI is InChI=1S/C20H25N3O2S/c1-13(2)18-14(3)21-19(26-18)22-10-8-16(9-11-22)23-17-7-5-4-6-15(17)12-25-20(23)24/h4-7,13,16H,8-12H2,1-3H3. The van der Waals surface area contributed by atoms with Gasteiger partial charge in [-0.15, -0.1) is 11.3 Å². The van der Waals surface area contributed by atoms with Crippen molar-refractivity contribution >= 4 is 28.2 Å². The molecule has 1 saturated heterocycles. The lowest BCUT2D eigenvalue weighted by atomic mass is 10.0. The predicted octanol–water partition coefficient (Wildman–Crippen LogP) is 4.70. The zero-order valence-corrected chi connectivity index (χ0v) is 16.4. The van der Waals surface area contributed by atoms with E-state index in [1.54, 1.807) is 0 Å². The van der Waals surface area contributed by atoms with Gasteiger partial charge in [-0.25, -0.2) is 9.78 Å². The number of para-hydroxylation sites is 1. The molecule has 0 aliphatic carbocycles. The lowest BCUT2D eigenvalue weighted by Crippen LogP contribution is -2.49. The Kier molecular flexibility index (Phi) is 4.61. The predicted molar refractivity (Wildman–Crippen MR) is 105 cm³/mol. The number of hydrogen-bond acceptors (Lipinski definition) is 5. The quantitative estimate of drug-likeness (QED) is 0.784. The van der Waals surface area contributed by atoms with E-state index in [0.717, 1.165) is 48.0 Å². The molecule has 138 valence electrons. The van der Waals surface area contributed by atoms with Crippen LogP contribution in [0.4, 0.5) is 15.6 Å². The number of fused-ring (bicyclic) bond motifs is 1. The highest BCUT2D eigenvalue weighted by molar-refractivity contribution is 7.15. The van der Waals surface area contributed by atoms with E-state index in [1.807, 2.05) is 40.5 Å². The van der Waals surface area contributed by atoms with Crippen LogP contribution in [0.2, 0.25) is 0 Å². The Bertz CT molecular complexity index is 809. The smallest absolute Gasteiger partial charge is 0.414 e. The molecule has 2 aliphatic rings. The monoisotopic (exact) mass is 371 g/mol. The molecule has 0 N–H and O–H groups in total. The molecular formula is C20H25N3O2S. The van der Waals surface area contributed by atoms with E-state index in [2.05, 4.69) is 25.7 Å². The van der Waals surface area contributed by atoms with E-state index in [0.29, 0.717) is 12.5 Å². The minimum absolute atomic E-state index is 0.186. The second-order valence-electron chi connectivity index (χ2n) is 7.37. The molecule has 0 saturated carbocycles. The number of nitrogens with zero attached hydrogens (tertiary/aromatic N) is 3. The maximum Gasteiger partial charge on any atom is 0.414 e. The number of piperidine rings is 1. The Labute approximate surface area is 158 Å². The van der Waals surface area contributed by atoms with Gasteiger partial charge in [-0.2, -0.15) is 0 Å². The van der Waals surface area contributed by atoms with Crippen LogP contribution >= 0.6 is 11.3 Å². The summed E-state index contributed by atoms with van der Waals surface area (Å²) < 4.78 is 5.39. The molecule has 4 rings (SSSR count). The molecule has 1 aromatic heterocycles. The number of hydrogen-bond donors (Lipinski definition) is 0. The van der Waals surface area contributed by atoms with Gasteiger partial charge in [0.2, 0.25) is 0 Å². The third-order valence-electron chi connectivity index (χ3n) is 5.24. The van der Waals surface area contributed by atoms with Crippen molar-refractivity contribution in [3.8, 4) is 0 Å². The van der Waals surface area contributed by atoms with Gasteiger partial charge in [-0.1, -0.05) is 32.0 Å². The van der Waals surface area contributed by atoms with Crippen molar-refractivity contribution in [1.29, 1.82) is 0 Å². The van der Waals surface area contributed by atoms with Gasteiger partial charge in [0, 0.05) is 29.6 Å². The number of aromatic nitrogens is 1. The molecule has 0 unspecified atom stereocenters. The van der Waals surface area contributed by atoms with Gasteiger partial charge in [-0.05, 0) is 31.7 Å². The molecule has 2 aliphatic heterocycles. The van der Waals surface area contributed by atoms with Crippen molar-refractivity contribution < 1.29 is 9.53 Å². The molecule has 26 heavy (non-hydrogen) atoms. The molecule has 1 aromatic carbocycles. The highest BCUT2D eigenvalue weighted by Crippen LogP contribution is 2.35. The van der Waals surface area contributed by atoms with Crippen LogP contribution in [0.15, 0.2) is 24.3 Å². The summed E-state index contributed by atoms with van der Waals surface area (Å²) in [5, 5.41) is 1.12. The first kappa shape index (κ1) is 17.3. The SMILES string of the molecule is Cc1nc(N2CCC(N3C(=O)OCc4ccccc43)CC2)sc1C(C)C. The summed E-state index contributed by atoms with van der Waals surface area (Å²) >= 11 is 1.81. The number of amides is 1. The number of cyclic esters (lactones) is 1. The molecule has 0 atom stereocenters. The molecule has 2 aromatic rings. The normalized spacial score (nSPS) is 18.2. The highest BCUT2D eigenvalue weighted by Gasteiger charge is 2.34. The van der Waals surface area contributed by atoms with Gasteiger partial charge >= 0.3 is 6.09 Å². The fraction of sp³-hybridized carbons (Fsp3) is 0.500. The van der Waals surface area contributed by atoms with Crippen LogP contribution in [0, 0.1) is 6.92 Å². The van der Waals surface area contributed by atoms with E-state index in [-0.39, 0.29) is 12.1 Å². The van der Waals surface area contributed by atoms with Gasteiger partial charge in [-0.3, -0.25) is 4.90 Å². The number of rotatable bonds is 3. The fourth-order valence-corrected chi connectivity index (χ4v) is 5.02. The minimum atomic E-state index is -0.214. The number of thiazole rings is 1. The van der Waals surface area contributed by atoms with Gasteiger partial charge in [0.15, 0.2) is 5.13 Å². The zero-order chi connectivity index (χ0) is 18.3. The number of carbonyl (C=O) groups is 1. The summed E-state index contributed by atoms with van der Waals surface area (Å²) in [7, 11) is 0. The van der Waals surface area contributed by atoms with Crippen LogP contribution < -0.4 is 9.80 Å². The molecule has 5 nitrogen and oxygen atoms in total. The van der Waals surface area contributed by atoms with Gasteiger partial charge in [0.05, 0.1) is 11.4 Å². The summed E-state index contributed by atoms with van der Waals surface area (Å²) in [6.45, 7) is 8.75. The van der Waals surface area contributed by atoms with Crippen LogP contribution in [0.3, 0.4) is 0 Å². The lowest BCUT2D eigenvalue weighted by molar-refractivity contribution is 0.137. The summed E-state index contributed by atoms with van der Waals surface area (Å²) in [4.78, 5) is 22.8. The second kappa shape index (κ2) is 6.91. The Hall–Kier alpha value is -2.08. The number of carbonyl (C=O) groups excluding carboxylic acids is 1. The summed E-state index contributed by atoms with van der Waals surface area (Å²) in [5.41, 5.74) is 3.25. The van der Waals surface area contributed by atoms with E-state index < -0.39 is 0 Å². The molecule has 0 radical (unpaired) electrons. The van der Waals surface area contributed by atoms with Crippen LogP contribution in [-0.2, 0) is 11.3 Å². The van der Waals surface area contributed by atoms with Crippen molar-refractivity contribution in [3.05, 3.63) is 40.4 Å². The Morgan fingerprint density at radius 1 is 1.23 bits per heavy atom. The second-order valence-corrected chi connectivity index (χ2v) is 8.38. The van der Waals surface area contributed by atoms with Crippen molar-refractivity contribution in [1.82, 2.24) is 4.98 Å². The van der Waals surface area contributed by atoms with Crippen molar-refractivity contribution in [2.45, 2.75) is 52.2 Å². The first-order chi connectivity index (χ1) is 12.5. The number of benzene rings is 1. The average Bonchev–Trinajstić information content (AvgIpc) is 3.04. The summed E-state index contributed by atoms with van der Waals surface area (Å²) in [6, 6.07) is 8.24. The third kappa shape index (κ3) is 3.07. The number of anilines is 2. The van der Waals surface area contributed by atoms with E-state index in [9.17, 15) is 4.79 Å². The van der Waals surface area contributed by atoms with Gasteiger partial charge in [0.1, 0.15) is 6.61 Å². The van der Waals surface area contributed by atoms with Gasteiger partial charge < -0.3 is 9.64 Å². The largest absolute Gasteiger partial charge is 0.444 e. The third-order valence-corrected chi connectivity index (χ3v) is 6.76. The van der Waals surface area contributed by atoms with Crippen LogP contribution in [0.1, 0.15) is 48.7 Å². The molecule has 1 amide bonds. The van der Waals surface area contributed by atoms with Crippen LogP contribution in [-0.4, -0.2) is 30.2 Å². The van der Waals surface area contributed by atoms with Crippen molar-refractivity contribution in [2.24, 2.45) is 0 Å². The highest BCUT2D eigenvalue weighted by atomic mass is 32.1. The van der Waals surface area contributed by atoms with Crippen molar-refractivity contribution in [2.75, 3.05) is 22.9 Å².